The van der Waals surface area contributed by atoms with Gasteiger partial charge in [0.25, 0.3) is 0 Å². The zero-order valence-electron chi connectivity index (χ0n) is 11.6. The molecular formula is C16H18N2O. The number of fused-ring (bicyclic) bond motifs is 1. The number of hydrogen-bond acceptors (Lipinski definition) is 2. The van der Waals surface area contributed by atoms with Crippen LogP contribution in [0.5, 0.6) is 0 Å². The van der Waals surface area contributed by atoms with Gasteiger partial charge in [0.15, 0.2) is 5.78 Å². The first-order chi connectivity index (χ1) is 8.98. The van der Waals surface area contributed by atoms with Crippen LogP contribution in [0.25, 0.3) is 11.3 Å². The first-order valence-corrected chi connectivity index (χ1v) is 6.62. The average molecular weight is 254 g/mol. The predicted molar refractivity (Wildman–Crippen MR) is 75.1 cm³/mol. The van der Waals surface area contributed by atoms with Crippen LogP contribution in [0.3, 0.4) is 0 Å². The molecule has 0 spiro atoms. The smallest absolute Gasteiger partial charge is 0.167 e. The molecule has 1 aromatic heterocycles. The summed E-state index contributed by atoms with van der Waals surface area (Å²) in [6.45, 7) is 4.28. The summed E-state index contributed by atoms with van der Waals surface area (Å²) in [6.07, 6.45) is 1.51. The summed E-state index contributed by atoms with van der Waals surface area (Å²) in [5.74, 6) is 0.221. The topological polar surface area (TPSA) is 34.9 Å². The molecule has 1 aliphatic rings. The Kier molecular flexibility index (Phi) is 2.59. The van der Waals surface area contributed by atoms with Gasteiger partial charge in [-0.3, -0.25) is 9.48 Å². The second-order valence-electron chi connectivity index (χ2n) is 6.10. The van der Waals surface area contributed by atoms with Crippen molar-refractivity contribution in [1.82, 2.24) is 9.78 Å². The molecule has 0 bridgehead atoms. The van der Waals surface area contributed by atoms with Gasteiger partial charge in [-0.1, -0.05) is 44.2 Å². The third-order valence-electron chi connectivity index (χ3n) is 3.78. The number of carbonyl (C=O) groups is 1. The number of ketones is 1. The number of aromatic nitrogens is 2. The van der Waals surface area contributed by atoms with Gasteiger partial charge in [0.05, 0.1) is 11.3 Å². The molecule has 98 valence electrons. The zero-order valence-corrected chi connectivity index (χ0v) is 11.6. The number of aryl methyl sites for hydroxylation is 1. The maximum atomic E-state index is 12.5. The van der Waals surface area contributed by atoms with E-state index in [-0.39, 0.29) is 11.2 Å². The van der Waals surface area contributed by atoms with Crippen LogP contribution in [-0.2, 0) is 13.5 Å². The SMILES string of the molecule is Cn1nc(-c2ccccc2)c2c1CC(C)(C)CC2=O. The summed E-state index contributed by atoms with van der Waals surface area (Å²) in [6, 6.07) is 9.95. The number of Topliss-reactive ketones (excluding diaryl/α,β-unsaturated/α-hetero) is 1. The van der Waals surface area contributed by atoms with Gasteiger partial charge in [0, 0.05) is 19.0 Å². The van der Waals surface area contributed by atoms with Crippen LogP contribution >= 0.6 is 0 Å². The Morgan fingerprint density at radius 2 is 1.84 bits per heavy atom. The molecule has 0 saturated carbocycles. The fourth-order valence-corrected chi connectivity index (χ4v) is 2.89. The highest BCUT2D eigenvalue weighted by Crippen LogP contribution is 2.38. The molecule has 0 radical (unpaired) electrons. The molecule has 3 rings (SSSR count). The fraction of sp³-hybridized carbons (Fsp3) is 0.375. The summed E-state index contributed by atoms with van der Waals surface area (Å²) in [5, 5.41) is 4.57. The van der Waals surface area contributed by atoms with Gasteiger partial charge < -0.3 is 0 Å². The zero-order chi connectivity index (χ0) is 13.6. The van der Waals surface area contributed by atoms with Crippen LogP contribution in [0.1, 0.15) is 36.3 Å². The highest BCUT2D eigenvalue weighted by atomic mass is 16.1. The summed E-state index contributed by atoms with van der Waals surface area (Å²) in [5.41, 5.74) is 3.78. The lowest BCUT2D eigenvalue weighted by atomic mass is 9.75. The van der Waals surface area contributed by atoms with Crippen LogP contribution in [0.4, 0.5) is 0 Å². The van der Waals surface area contributed by atoms with Crippen LogP contribution in [0.2, 0.25) is 0 Å². The molecule has 19 heavy (non-hydrogen) atoms. The molecule has 0 atom stereocenters. The van der Waals surface area contributed by atoms with E-state index < -0.39 is 0 Å². The van der Waals surface area contributed by atoms with Crippen molar-refractivity contribution in [2.24, 2.45) is 12.5 Å². The van der Waals surface area contributed by atoms with E-state index >= 15 is 0 Å². The molecule has 1 heterocycles. The molecule has 3 heteroatoms. The molecular weight excluding hydrogens is 236 g/mol. The maximum Gasteiger partial charge on any atom is 0.167 e. The highest BCUT2D eigenvalue weighted by Gasteiger charge is 2.35. The summed E-state index contributed by atoms with van der Waals surface area (Å²) in [4.78, 5) is 12.5. The van der Waals surface area contributed by atoms with Crippen LogP contribution < -0.4 is 0 Å². The van der Waals surface area contributed by atoms with Crippen LogP contribution in [-0.4, -0.2) is 15.6 Å². The lowest BCUT2D eigenvalue weighted by Gasteiger charge is -2.28. The van der Waals surface area contributed by atoms with E-state index in [1.807, 2.05) is 42.1 Å². The largest absolute Gasteiger partial charge is 0.294 e. The van der Waals surface area contributed by atoms with Gasteiger partial charge in [0.2, 0.25) is 0 Å². The van der Waals surface area contributed by atoms with Gasteiger partial charge in [-0.15, -0.1) is 0 Å². The van der Waals surface area contributed by atoms with Crippen LogP contribution in [0.15, 0.2) is 30.3 Å². The maximum absolute atomic E-state index is 12.5. The van der Waals surface area contributed by atoms with E-state index in [2.05, 4.69) is 18.9 Å². The predicted octanol–water partition coefficient (Wildman–Crippen LogP) is 3.24. The number of nitrogens with zero attached hydrogens (tertiary/aromatic N) is 2. The number of hydrogen-bond donors (Lipinski definition) is 0. The van der Waals surface area contributed by atoms with E-state index in [0.29, 0.717) is 6.42 Å². The minimum Gasteiger partial charge on any atom is -0.294 e. The fourth-order valence-electron chi connectivity index (χ4n) is 2.89. The second-order valence-corrected chi connectivity index (χ2v) is 6.10. The van der Waals surface area contributed by atoms with Crippen molar-refractivity contribution in [2.45, 2.75) is 26.7 Å². The van der Waals surface area contributed by atoms with Crippen molar-refractivity contribution < 1.29 is 4.79 Å². The Hall–Kier alpha value is -1.90. The van der Waals surface area contributed by atoms with Gasteiger partial charge in [-0.05, 0) is 11.8 Å². The summed E-state index contributed by atoms with van der Waals surface area (Å²) in [7, 11) is 1.93. The molecule has 0 amide bonds. The summed E-state index contributed by atoms with van der Waals surface area (Å²) < 4.78 is 1.87. The molecule has 1 aromatic carbocycles. The normalized spacial score (nSPS) is 17.3. The average Bonchev–Trinajstić information content (AvgIpc) is 2.67. The molecule has 3 nitrogen and oxygen atoms in total. The Balaban J connectivity index is 2.19. The van der Waals surface area contributed by atoms with Gasteiger partial charge in [-0.25, -0.2) is 0 Å². The molecule has 0 saturated heterocycles. The van der Waals surface area contributed by atoms with Crippen molar-refractivity contribution >= 4 is 5.78 Å². The molecule has 2 aromatic rings. The van der Waals surface area contributed by atoms with Gasteiger partial charge in [-0.2, -0.15) is 5.10 Å². The van der Waals surface area contributed by atoms with Crippen molar-refractivity contribution in [1.29, 1.82) is 0 Å². The first kappa shape index (κ1) is 12.2. The number of carbonyl (C=O) groups excluding carboxylic acids is 1. The Morgan fingerprint density at radius 3 is 2.53 bits per heavy atom. The Labute approximate surface area is 113 Å². The van der Waals surface area contributed by atoms with Crippen molar-refractivity contribution in [2.75, 3.05) is 0 Å². The molecule has 0 unspecified atom stereocenters. The lowest BCUT2D eigenvalue weighted by molar-refractivity contribution is 0.0911. The second kappa shape index (κ2) is 4.05. The first-order valence-electron chi connectivity index (χ1n) is 6.62. The van der Waals surface area contributed by atoms with Gasteiger partial charge >= 0.3 is 0 Å². The molecule has 0 fully saturated rings. The minimum absolute atomic E-state index is 0.0336. The van der Waals surface area contributed by atoms with Gasteiger partial charge in [0.1, 0.15) is 5.69 Å². The van der Waals surface area contributed by atoms with Crippen molar-refractivity contribution in [3.05, 3.63) is 41.6 Å². The van der Waals surface area contributed by atoms with Crippen molar-refractivity contribution in [3.63, 3.8) is 0 Å². The minimum atomic E-state index is 0.0336. The molecule has 0 aliphatic heterocycles. The Morgan fingerprint density at radius 1 is 1.16 bits per heavy atom. The quantitative estimate of drug-likeness (QED) is 0.783. The Bertz CT molecular complexity index is 638. The monoisotopic (exact) mass is 254 g/mol. The number of benzene rings is 1. The van der Waals surface area contributed by atoms with Crippen LogP contribution in [0, 0.1) is 5.41 Å². The van der Waals surface area contributed by atoms with E-state index in [4.69, 9.17) is 0 Å². The molecule has 1 aliphatic carbocycles. The summed E-state index contributed by atoms with van der Waals surface area (Å²) >= 11 is 0. The standard InChI is InChI=1S/C16H18N2O/c1-16(2)9-12-14(13(19)10-16)15(17-18(12)3)11-7-5-4-6-8-11/h4-8H,9-10H2,1-3H3. The van der Waals surface area contributed by atoms with E-state index in [1.165, 1.54) is 0 Å². The van der Waals surface area contributed by atoms with E-state index in [1.54, 1.807) is 0 Å². The molecule has 0 N–H and O–H groups in total. The van der Waals surface area contributed by atoms with E-state index in [9.17, 15) is 4.79 Å². The third-order valence-corrected chi connectivity index (χ3v) is 3.78. The third kappa shape index (κ3) is 1.99. The highest BCUT2D eigenvalue weighted by molar-refractivity contribution is 6.04. The van der Waals surface area contributed by atoms with E-state index in [0.717, 1.165) is 28.9 Å². The number of rotatable bonds is 1. The van der Waals surface area contributed by atoms with Crippen molar-refractivity contribution in [3.8, 4) is 11.3 Å². The lowest BCUT2D eigenvalue weighted by Crippen LogP contribution is -2.27.